The predicted molar refractivity (Wildman–Crippen MR) is 91.6 cm³/mol. The molecule has 1 heterocycles. The van der Waals surface area contributed by atoms with Gasteiger partial charge in [-0.05, 0) is 37.1 Å². The van der Waals surface area contributed by atoms with E-state index in [1.54, 1.807) is 0 Å². The summed E-state index contributed by atoms with van der Waals surface area (Å²) in [4.78, 5) is 14.5. The van der Waals surface area contributed by atoms with Crippen molar-refractivity contribution in [2.24, 2.45) is 0 Å². The number of benzene rings is 2. The Kier molecular flexibility index (Phi) is 4.28. The number of para-hydroxylation sites is 3. The zero-order chi connectivity index (χ0) is 15.4. The van der Waals surface area contributed by atoms with Gasteiger partial charge >= 0.3 is 0 Å². The molecule has 0 aliphatic carbocycles. The van der Waals surface area contributed by atoms with E-state index in [-0.39, 0.29) is 5.91 Å². The van der Waals surface area contributed by atoms with Crippen LogP contribution in [0.4, 0.5) is 17.1 Å². The molecule has 4 heteroatoms. The van der Waals surface area contributed by atoms with Crippen molar-refractivity contribution in [2.75, 3.05) is 35.2 Å². The molecule has 0 spiro atoms. The van der Waals surface area contributed by atoms with Gasteiger partial charge in [0, 0.05) is 18.8 Å². The first-order valence-corrected chi connectivity index (χ1v) is 7.67. The second-order valence-electron chi connectivity index (χ2n) is 5.58. The standard InChI is InChI=1S/C18H21N3O/c1-14-7-2-3-8-15(14)20-18(22)13-21-12-6-11-19-16-9-4-5-10-17(16)21/h2-5,7-10,19H,6,11-13H2,1H3,(H,20,22). The van der Waals surface area contributed by atoms with Crippen LogP contribution in [0, 0.1) is 6.92 Å². The first kappa shape index (κ1) is 14.4. The van der Waals surface area contributed by atoms with Gasteiger partial charge < -0.3 is 15.5 Å². The Morgan fingerprint density at radius 2 is 1.95 bits per heavy atom. The molecule has 0 saturated heterocycles. The van der Waals surface area contributed by atoms with Crippen molar-refractivity contribution in [3.8, 4) is 0 Å². The third-order valence-electron chi connectivity index (χ3n) is 3.92. The van der Waals surface area contributed by atoms with Gasteiger partial charge in [0.2, 0.25) is 5.91 Å². The number of nitrogens with zero attached hydrogens (tertiary/aromatic N) is 1. The minimum absolute atomic E-state index is 0.0194. The van der Waals surface area contributed by atoms with Crippen LogP contribution in [0.2, 0.25) is 0 Å². The number of carbonyl (C=O) groups excluding carboxylic acids is 1. The molecule has 0 fully saturated rings. The molecule has 0 saturated carbocycles. The molecule has 0 aromatic heterocycles. The lowest BCUT2D eigenvalue weighted by molar-refractivity contribution is -0.115. The predicted octanol–water partition coefficient (Wildman–Crippen LogP) is 3.26. The quantitative estimate of drug-likeness (QED) is 0.913. The summed E-state index contributed by atoms with van der Waals surface area (Å²) in [6.07, 6.45) is 1.02. The van der Waals surface area contributed by atoms with E-state index < -0.39 is 0 Å². The summed E-state index contributed by atoms with van der Waals surface area (Å²) in [5.74, 6) is 0.0194. The van der Waals surface area contributed by atoms with E-state index in [0.29, 0.717) is 6.54 Å². The van der Waals surface area contributed by atoms with Crippen LogP contribution in [0.25, 0.3) is 0 Å². The average Bonchev–Trinajstić information content (AvgIpc) is 2.72. The summed E-state index contributed by atoms with van der Waals surface area (Å²) >= 11 is 0. The zero-order valence-electron chi connectivity index (χ0n) is 12.8. The highest BCUT2D eigenvalue weighted by atomic mass is 16.2. The largest absolute Gasteiger partial charge is 0.383 e. The first-order valence-electron chi connectivity index (χ1n) is 7.67. The third kappa shape index (κ3) is 3.22. The van der Waals surface area contributed by atoms with Crippen molar-refractivity contribution in [1.29, 1.82) is 0 Å². The molecule has 0 bridgehead atoms. The Balaban J connectivity index is 1.73. The van der Waals surface area contributed by atoms with Gasteiger partial charge in [-0.2, -0.15) is 0 Å². The second-order valence-corrected chi connectivity index (χ2v) is 5.58. The molecule has 0 atom stereocenters. The lowest BCUT2D eigenvalue weighted by Crippen LogP contribution is -2.33. The van der Waals surface area contributed by atoms with Crippen LogP contribution >= 0.6 is 0 Å². The van der Waals surface area contributed by atoms with Crippen LogP contribution in [0.3, 0.4) is 0 Å². The van der Waals surface area contributed by atoms with E-state index in [9.17, 15) is 4.79 Å². The number of anilines is 3. The van der Waals surface area contributed by atoms with Crippen molar-refractivity contribution in [2.45, 2.75) is 13.3 Å². The number of hydrogen-bond acceptors (Lipinski definition) is 3. The molecular weight excluding hydrogens is 274 g/mol. The first-order chi connectivity index (χ1) is 10.7. The number of rotatable bonds is 3. The molecular formula is C18H21N3O. The van der Waals surface area contributed by atoms with E-state index >= 15 is 0 Å². The fourth-order valence-electron chi connectivity index (χ4n) is 2.75. The minimum Gasteiger partial charge on any atom is -0.383 e. The van der Waals surface area contributed by atoms with Gasteiger partial charge in [-0.3, -0.25) is 4.79 Å². The molecule has 1 aliphatic rings. The maximum atomic E-state index is 12.4. The Labute approximate surface area is 131 Å². The van der Waals surface area contributed by atoms with E-state index in [4.69, 9.17) is 0 Å². The van der Waals surface area contributed by atoms with Gasteiger partial charge in [0.15, 0.2) is 0 Å². The Hall–Kier alpha value is -2.49. The van der Waals surface area contributed by atoms with Crippen molar-refractivity contribution < 1.29 is 4.79 Å². The van der Waals surface area contributed by atoms with Crippen molar-refractivity contribution in [1.82, 2.24) is 0 Å². The Bertz CT molecular complexity index is 669. The average molecular weight is 295 g/mol. The normalized spacial score (nSPS) is 13.8. The van der Waals surface area contributed by atoms with Crippen LogP contribution in [0.5, 0.6) is 0 Å². The van der Waals surface area contributed by atoms with Gasteiger partial charge in [0.25, 0.3) is 0 Å². The minimum atomic E-state index is 0.0194. The molecule has 1 amide bonds. The molecule has 4 nitrogen and oxygen atoms in total. The van der Waals surface area contributed by atoms with E-state index in [1.807, 2.05) is 43.3 Å². The van der Waals surface area contributed by atoms with Crippen molar-refractivity contribution in [3.63, 3.8) is 0 Å². The summed E-state index contributed by atoms with van der Waals surface area (Å²) in [5.41, 5.74) is 4.16. The lowest BCUT2D eigenvalue weighted by atomic mass is 10.2. The van der Waals surface area contributed by atoms with Crippen LogP contribution in [-0.4, -0.2) is 25.5 Å². The molecule has 2 N–H and O–H groups in total. The van der Waals surface area contributed by atoms with Crippen molar-refractivity contribution >= 4 is 23.0 Å². The zero-order valence-corrected chi connectivity index (χ0v) is 12.8. The smallest absolute Gasteiger partial charge is 0.243 e. The van der Waals surface area contributed by atoms with E-state index in [1.165, 1.54) is 0 Å². The lowest BCUT2D eigenvalue weighted by Gasteiger charge is -2.24. The molecule has 22 heavy (non-hydrogen) atoms. The SMILES string of the molecule is Cc1ccccc1NC(=O)CN1CCCNc2ccccc21. The van der Waals surface area contributed by atoms with Gasteiger partial charge in [0.05, 0.1) is 17.9 Å². The van der Waals surface area contributed by atoms with Gasteiger partial charge in [0.1, 0.15) is 0 Å². The number of hydrogen-bond donors (Lipinski definition) is 2. The summed E-state index contributed by atoms with van der Waals surface area (Å²) in [6.45, 7) is 4.19. The van der Waals surface area contributed by atoms with E-state index in [0.717, 1.165) is 42.1 Å². The number of nitrogens with one attached hydrogen (secondary N) is 2. The number of fused-ring (bicyclic) bond motifs is 1. The molecule has 114 valence electrons. The molecule has 3 rings (SSSR count). The maximum Gasteiger partial charge on any atom is 0.243 e. The number of amides is 1. The monoisotopic (exact) mass is 295 g/mol. The third-order valence-corrected chi connectivity index (χ3v) is 3.92. The van der Waals surface area contributed by atoms with Gasteiger partial charge in [-0.1, -0.05) is 30.3 Å². The van der Waals surface area contributed by atoms with Crippen LogP contribution in [0.15, 0.2) is 48.5 Å². The topological polar surface area (TPSA) is 44.4 Å². The Morgan fingerprint density at radius 1 is 1.18 bits per heavy atom. The highest BCUT2D eigenvalue weighted by Crippen LogP contribution is 2.27. The fourth-order valence-corrected chi connectivity index (χ4v) is 2.75. The molecule has 0 radical (unpaired) electrons. The number of carbonyl (C=O) groups is 1. The highest BCUT2D eigenvalue weighted by Gasteiger charge is 2.17. The molecule has 2 aromatic rings. The van der Waals surface area contributed by atoms with Gasteiger partial charge in [-0.15, -0.1) is 0 Å². The highest BCUT2D eigenvalue weighted by molar-refractivity contribution is 5.95. The van der Waals surface area contributed by atoms with Gasteiger partial charge in [-0.25, -0.2) is 0 Å². The summed E-state index contributed by atoms with van der Waals surface area (Å²) in [6, 6.07) is 16.0. The molecule has 2 aromatic carbocycles. The molecule has 0 unspecified atom stereocenters. The fraction of sp³-hybridized carbons (Fsp3) is 0.278. The summed E-state index contributed by atoms with van der Waals surface area (Å²) in [7, 11) is 0. The summed E-state index contributed by atoms with van der Waals surface area (Å²) in [5, 5.41) is 6.42. The van der Waals surface area contributed by atoms with Crippen LogP contribution < -0.4 is 15.5 Å². The maximum absolute atomic E-state index is 12.4. The van der Waals surface area contributed by atoms with Crippen LogP contribution in [0.1, 0.15) is 12.0 Å². The summed E-state index contributed by atoms with van der Waals surface area (Å²) < 4.78 is 0. The van der Waals surface area contributed by atoms with Crippen molar-refractivity contribution in [3.05, 3.63) is 54.1 Å². The van der Waals surface area contributed by atoms with Crippen LogP contribution in [-0.2, 0) is 4.79 Å². The molecule has 1 aliphatic heterocycles. The number of aryl methyl sites for hydroxylation is 1. The Morgan fingerprint density at radius 3 is 2.82 bits per heavy atom. The second kappa shape index (κ2) is 6.52. The van der Waals surface area contributed by atoms with E-state index in [2.05, 4.69) is 27.7 Å².